The van der Waals surface area contributed by atoms with Gasteiger partial charge in [-0.3, -0.25) is 0 Å². The fourth-order valence-corrected chi connectivity index (χ4v) is 3.54. The van der Waals surface area contributed by atoms with E-state index in [4.69, 9.17) is 4.74 Å². The lowest BCUT2D eigenvalue weighted by Crippen LogP contribution is -2.36. The topological polar surface area (TPSA) is 46.6 Å². The zero-order valence-electron chi connectivity index (χ0n) is 10.2. The zero-order valence-corrected chi connectivity index (χ0v) is 12.6. The molecule has 1 aromatic carbocycles. The van der Waals surface area contributed by atoms with Crippen LogP contribution >= 0.6 is 15.9 Å². The molecule has 108 valence electrons. The Labute approximate surface area is 119 Å². The molecular weight excluding hydrogens is 344 g/mol. The fraction of sp³-hybridized carbons (Fsp3) is 0.455. The SMILES string of the molecule is COc1ccc(S(=O)(=O)N(CCBr)CC(F)F)cc1. The van der Waals surface area contributed by atoms with Gasteiger partial charge in [-0.1, -0.05) is 15.9 Å². The molecule has 4 nitrogen and oxygen atoms in total. The third-order valence-electron chi connectivity index (χ3n) is 2.37. The summed E-state index contributed by atoms with van der Waals surface area (Å²) in [6, 6.07) is 5.62. The zero-order chi connectivity index (χ0) is 14.5. The number of sulfonamides is 1. The Hall–Kier alpha value is -0.730. The van der Waals surface area contributed by atoms with Crippen molar-refractivity contribution in [3.05, 3.63) is 24.3 Å². The minimum Gasteiger partial charge on any atom is -0.497 e. The molecule has 8 heteroatoms. The minimum absolute atomic E-state index is 0.0152. The van der Waals surface area contributed by atoms with Crippen molar-refractivity contribution in [3.8, 4) is 5.75 Å². The van der Waals surface area contributed by atoms with Gasteiger partial charge in [-0.05, 0) is 24.3 Å². The Bertz CT molecular complexity index is 493. The minimum atomic E-state index is -3.92. The van der Waals surface area contributed by atoms with Crippen LogP contribution in [0.5, 0.6) is 5.75 Å². The molecule has 0 radical (unpaired) electrons. The van der Waals surface area contributed by atoms with Crippen LogP contribution in [0.2, 0.25) is 0 Å². The van der Waals surface area contributed by atoms with E-state index in [1.54, 1.807) is 0 Å². The van der Waals surface area contributed by atoms with Gasteiger partial charge in [0.1, 0.15) is 5.75 Å². The average molecular weight is 358 g/mol. The molecule has 0 fully saturated rings. The summed E-state index contributed by atoms with van der Waals surface area (Å²) in [5.74, 6) is 0.500. The largest absolute Gasteiger partial charge is 0.497 e. The number of hydrogen-bond acceptors (Lipinski definition) is 3. The van der Waals surface area contributed by atoms with Crippen LogP contribution in [0, 0.1) is 0 Å². The van der Waals surface area contributed by atoms with E-state index in [2.05, 4.69) is 15.9 Å². The van der Waals surface area contributed by atoms with Crippen LogP contribution in [0.4, 0.5) is 8.78 Å². The van der Waals surface area contributed by atoms with Gasteiger partial charge >= 0.3 is 0 Å². The van der Waals surface area contributed by atoms with E-state index in [0.717, 1.165) is 4.31 Å². The third-order valence-corrected chi connectivity index (χ3v) is 4.61. The lowest BCUT2D eigenvalue weighted by molar-refractivity contribution is 0.121. The number of alkyl halides is 3. The highest BCUT2D eigenvalue weighted by atomic mass is 79.9. The molecular formula is C11H14BrF2NO3S. The van der Waals surface area contributed by atoms with Crippen molar-refractivity contribution >= 4 is 26.0 Å². The number of rotatable bonds is 7. The molecule has 0 saturated heterocycles. The summed E-state index contributed by atoms with van der Waals surface area (Å²) in [6.45, 7) is -0.835. The third kappa shape index (κ3) is 4.39. The number of nitrogens with zero attached hydrogens (tertiary/aromatic N) is 1. The van der Waals surface area contributed by atoms with Crippen molar-refractivity contribution in [2.75, 3.05) is 25.5 Å². The molecule has 0 heterocycles. The van der Waals surface area contributed by atoms with Gasteiger partial charge in [0.15, 0.2) is 0 Å². The fourth-order valence-electron chi connectivity index (χ4n) is 1.45. The first-order valence-electron chi connectivity index (χ1n) is 5.40. The molecule has 0 aliphatic heterocycles. The molecule has 0 N–H and O–H groups in total. The summed E-state index contributed by atoms with van der Waals surface area (Å²) in [7, 11) is -2.46. The smallest absolute Gasteiger partial charge is 0.252 e. The van der Waals surface area contributed by atoms with Crippen molar-refractivity contribution in [2.45, 2.75) is 11.3 Å². The highest BCUT2D eigenvalue weighted by Crippen LogP contribution is 2.20. The Morgan fingerprint density at radius 1 is 1.32 bits per heavy atom. The summed E-state index contributed by atoms with van der Waals surface area (Å²) in [6.07, 6.45) is -2.72. The normalized spacial score (nSPS) is 12.1. The summed E-state index contributed by atoms with van der Waals surface area (Å²) in [5.41, 5.74) is 0. The molecule has 0 spiro atoms. The van der Waals surface area contributed by atoms with Gasteiger partial charge in [-0.2, -0.15) is 4.31 Å². The summed E-state index contributed by atoms with van der Waals surface area (Å²) < 4.78 is 54.9. The quantitative estimate of drug-likeness (QED) is 0.703. The molecule has 0 aliphatic carbocycles. The first kappa shape index (κ1) is 16.3. The molecule has 0 atom stereocenters. The number of benzene rings is 1. The van der Waals surface area contributed by atoms with Crippen LogP contribution in [0.25, 0.3) is 0 Å². The average Bonchev–Trinajstić information content (AvgIpc) is 2.38. The van der Waals surface area contributed by atoms with E-state index in [0.29, 0.717) is 5.75 Å². The van der Waals surface area contributed by atoms with E-state index >= 15 is 0 Å². The Kier molecular flexibility index (Phi) is 6.15. The lowest BCUT2D eigenvalue weighted by Gasteiger charge is -2.20. The van der Waals surface area contributed by atoms with Crippen molar-refractivity contribution in [3.63, 3.8) is 0 Å². The number of ether oxygens (including phenoxy) is 1. The van der Waals surface area contributed by atoms with Gasteiger partial charge in [-0.15, -0.1) is 0 Å². The Balaban J connectivity index is 3.03. The Morgan fingerprint density at radius 2 is 1.89 bits per heavy atom. The van der Waals surface area contributed by atoms with Crippen LogP contribution in [-0.2, 0) is 10.0 Å². The highest BCUT2D eigenvalue weighted by molar-refractivity contribution is 9.09. The van der Waals surface area contributed by atoms with Crippen molar-refractivity contribution < 1.29 is 21.9 Å². The molecule has 0 saturated carbocycles. The maximum Gasteiger partial charge on any atom is 0.252 e. The second-order valence-corrected chi connectivity index (χ2v) is 6.35. The van der Waals surface area contributed by atoms with Crippen molar-refractivity contribution in [1.29, 1.82) is 0 Å². The number of hydrogen-bond donors (Lipinski definition) is 0. The van der Waals surface area contributed by atoms with Crippen LogP contribution < -0.4 is 4.74 Å². The van der Waals surface area contributed by atoms with Gasteiger partial charge in [-0.25, -0.2) is 17.2 Å². The van der Waals surface area contributed by atoms with E-state index < -0.39 is 23.0 Å². The predicted octanol–water partition coefficient (Wildman–Crippen LogP) is 2.35. The Morgan fingerprint density at radius 3 is 2.32 bits per heavy atom. The van der Waals surface area contributed by atoms with Crippen LogP contribution in [0.1, 0.15) is 0 Å². The lowest BCUT2D eigenvalue weighted by atomic mass is 10.3. The molecule has 1 aromatic rings. The molecule has 0 aliphatic rings. The molecule has 0 unspecified atom stereocenters. The van der Waals surface area contributed by atoms with E-state index in [9.17, 15) is 17.2 Å². The molecule has 1 rings (SSSR count). The van der Waals surface area contributed by atoms with Gasteiger partial charge in [0.25, 0.3) is 6.43 Å². The second-order valence-electron chi connectivity index (χ2n) is 3.62. The van der Waals surface area contributed by atoms with Gasteiger partial charge in [0.2, 0.25) is 10.0 Å². The van der Waals surface area contributed by atoms with Crippen LogP contribution in [0.15, 0.2) is 29.2 Å². The second kappa shape index (κ2) is 7.16. The molecule has 0 aromatic heterocycles. The first-order valence-corrected chi connectivity index (χ1v) is 7.96. The van der Waals surface area contributed by atoms with Crippen LogP contribution in [0.3, 0.4) is 0 Å². The highest BCUT2D eigenvalue weighted by Gasteiger charge is 2.26. The van der Waals surface area contributed by atoms with Crippen molar-refractivity contribution in [2.24, 2.45) is 0 Å². The van der Waals surface area contributed by atoms with E-state index in [-0.39, 0.29) is 16.8 Å². The summed E-state index contributed by atoms with van der Waals surface area (Å²) >= 11 is 3.06. The maximum absolute atomic E-state index is 12.4. The van der Waals surface area contributed by atoms with Gasteiger partial charge in [0, 0.05) is 11.9 Å². The monoisotopic (exact) mass is 357 g/mol. The first-order chi connectivity index (χ1) is 8.91. The van der Waals surface area contributed by atoms with Crippen LogP contribution in [-0.4, -0.2) is 44.7 Å². The maximum atomic E-state index is 12.4. The number of halogens is 3. The summed E-state index contributed by atoms with van der Waals surface area (Å²) in [5, 5.41) is 0.287. The molecule has 0 bridgehead atoms. The standard InChI is InChI=1S/C11H14BrF2NO3S/c1-18-9-2-4-10(5-3-9)19(16,17)15(7-6-12)8-11(13)14/h2-5,11H,6-8H2,1H3. The predicted molar refractivity (Wildman–Crippen MR) is 71.6 cm³/mol. The van der Waals surface area contributed by atoms with Gasteiger partial charge in [0.05, 0.1) is 18.6 Å². The molecule has 19 heavy (non-hydrogen) atoms. The summed E-state index contributed by atoms with van der Waals surface area (Å²) in [4.78, 5) is -0.0325. The van der Waals surface area contributed by atoms with E-state index in [1.165, 1.54) is 31.4 Å². The van der Waals surface area contributed by atoms with Gasteiger partial charge < -0.3 is 4.74 Å². The van der Waals surface area contributed by atoms with Crippen molar-refractivity contribution in [1.82, 2.24) is 4.31 Å². The number of methoxy groups -OCH3 is 1. The molecule has 0 amide bonds. The van der Waals surface area contributed by atoms with E-state index in [1.807, 2.05) is 0 Å².